The summed E-state index contributed by atoms with van der Waals surface area (Å²) < 4.78 is 9.74. The summed E-state index contributed by atoms with van der Waals surface area (Å²) in [5.41, 5.74) is 2.69. The molecule has 0 aliphatic carbocycles. The summed E-state index contributed by atoms with van der Waals surface area (Å²) in [6.07, 6.45) is 0. The smallest absolute Gasteiger partial charge is 0.373 e. The average Bonchev–Trinajstić information content (AvgIpc) is 2.66. The van der Waals surface area contributed by atoms with Gasteiger partial charge in [0.2, 0.25) is 5.76 Å². The molecule has 0 spiro atoms. The highest BCUT2D eigenvalue weighted by Gasteiger charge is 2.14. The second-order valence-corrected chi connectivity index (χ2v) is 2.74. The lowest BCUT2D eigenvalue weighted by Gasteiger charge is -2.07. The fraction of sp³-hybridized carbons (Fsp3) is 0.444. The summed E-state index contributed by atoms with van der Waals surface area (Å²) in [6, 6.07) is 3.15. The number of ether oxygens (including phenoxy) is 1. The van der Waals surface area contributed by atoms with Crippen LogP contribution in [0.25, 0.3) is 0 Å². The number of rotatable bonds is 4. The lowest BCUT2D eigenvalue weighted by molar-refractivity contribution is 0.0519. The number of carbonyl (C=O) groups is 1. The van der Waals surface area contributed by atoms with Crippen molar-refractivity contribution in [3.63, 3.8) is 0 Å². The van der Waals surface area contributed by atoms with Crippen molar-refractivity contribution in [1.82, 2.24) is 5.48 Å². The Morgan fingerprint density at radius 3 is 2.79 bits per heavy atom. The molecule has 5 heteroatoms. The molecule has 1 aromatic heterocycles. The van der Waals surface area contributed by atoms with Crippen LogP contribution in [-0.2, 0) is 9.57 Å². The molecule has 0 aliphatic rings. The number of nitrogens with one attached hydrogen (secondary N) is 1. The van der Waals surface area contributed by atoms with Crippen molar-refractivity contribution in [3.8, 4) is 0 Å². The van der Waals surface area contributed by atoms with Crippen LogP contribution in [0.4, 0.5) is 0 Å². The first-order valence-corrected chi connectivity index (χ1v) is 4.15. The van der Waals surface area contributed by atoms with Crippen LogP contribution < -0.4 is 5.48 Å². The third kappa shape index (κ3) is 2.34. The predicted octanol–water partition coefficient (Wildman–Crippen LogP) is 1.28. The second-order valence-electron chi connectivity index (χ2n) is 2.74. The molecule has 14 heavy (non-hydrogen) atoms. The van der Waals surface area contributed by atoms with Crippen LogP contribution in [0.2, 0.25) is 0 Å². The van der Waals surface area contributed by atoms with E-state index in [0.29, 0.717) is 5.76 Å². The van der Waals surface area contributed by atoms with Crippen LogP contribution in [0.15, 0.2) is 16.5 Å². The molecule has 0 saturated carbocycles. The van der Waals surface area contributed by atoms with Crippen molar-refractivity contribution in [3.05, 3.63) is 23.7 Å². The quantitative estimate of drug-likeness (QED) is 0.584. The van der Waals surface area contributed by atoms with Gasteiger partial charge < -0.3 is 14.0 Å². The topological polar surface area (TPSA) is 60.7 Å². The van der Waals surface area contributed by atoms with Crippen molar-refractivity contribution in [2.45, 2.75) is 13.0 Å². The molecule has 0 radical (unpaired) electrons. The lowest BCUT2D eigenvalue weighted by atomic mass is 10.3. The van der Waals surface area contributed by atoms with Crippen molar-refractivity contribution in [2.75, 3.05) is 14.2 Å². The molecule has 0 aliphatic heterocycles. The third-order valence-corrected chi connectivity index (χ3v) is 1.73. The van der Waals surface area contributed by atoms with Gasteiger partial charge in [-0.25, -0.2) is 4.79 Å². The van der Waals surface area contributed by atoms with Gasteiger partial charge in [0.05, 0.1) is 20.3 Å². The van der Waals surface area contributed by atoms with Crippen LogP contribution in [0, 0.1) is 0 Å². The number of methoxy groups -OCH3 is 1. The Morgan fingerprint density at radius 2 is 2.21 bits per heavy atom. The molecule has 0 saturated heterocycles. The molecular weight excluding hydrogens is 186 g/mol. The van der Waals surface area contributed by atoms with E-state index < -0.39 is 5.97 Å². The summed E-state index contributed by atoms with van der Waals surface area (Å²) >= 11 is 0. The van der Waals surface area contributed by atoms with E-state index in [1.165, 1.54) is 14.2 Å². The second kappa shape index (κ2) is 4.78. The molecule has 0 amide bonds. The molecule has 0 fully saturated rings. The van der Waals surface area contributed by atoms with Gasteiger partial charge in [-0.2, -0.15) is 5.48 Å². The Hall–Kier alpha value is -1.33. The fourth-order valence-electron chi connectivity index (χ4n) is 1.03. The van der Waals surface area contributed by atoms with Gasteiger partial charge in [0.25, 0.3) is 0 Å². The maximum Gasteiger partial charge on any atom is 0.373 e. The number of hydrogen-bond acceptors (Lipinski definition) is 5. The Labute approximate surface area is 81.9 Å². The van der Waals surface area contributed by atoms with Gasteiger partial charge in [-0.1, -0.05) is 0 Å². The maximum atomic E-state index is 11.0. The average molecular weight is 199 g/mol. The fourth-order valence-corrected chi connectivity index (χ4v) is 1.03. The van der Waals surface area contributed by atoms with Crippen molar-refractivity contribution < 1.29 is 18.8 Å². The zero-order valence-corrected chi connectivity index (χ0v) is 8.37. The van der Waals surface area contributed by atoms with Crippen LogP contribution in [0.5, 0.6) is 0 Å². The number of furan rings is 1. The van der Waals surface area contributed by atoms with Crippen LogP contribution >= 0.6 is 0 Å². The molecule has 78 valence electrons. The minimum atomic E-state index is -0.485. The zero-order valence-electron chi connectivity index (χ0n) is 8.37. The minimum Gasteiger partial charge on any atom is -0.463 e. The van der Waals surface area contributed by atoms with E-state index in [9.17, 15) is 4.79 Å². The van der Waals surface area contributed by atoms with E-state index in [0.717, 1.165) is 0 Å². The van der Waals surface area contributed by atoms with Gasteiger partial charge in [0.1, 0.15) is 5.76 Å². The first-order valence-electron chi connectivity index (χ1n) is 4.15. The number of carbonyl (C=O) groups excluding carboxylic acids is 1. The van der Waals surface area contributed by atoms with Crippen LogP contribution in [0.1, 0.15) is 29.3 Å². The number of esters is 1. The summed E-state index contributed by atoms with van der Waals surface area (Å²) in [5.74, 6) is 0.320. The highest BCUT2D eigenvalue weighted by molar-refractivity contribution is 5.86. The predicted molar refractivity (Wildman–Crippen MR) is 48.6 cm³/mol. The minimum absolute atomic E-state index is 0.113. The Kier molecular flexibility index (Phi) is 3.67. The molecule has 1 unspecified atom stereocenters. The van der Waals surface area contributed by atoms with Gasteiger partial charge in [-0.3, -0.25) is 0 Å². The Balaban J connectivity index is 2.72. The summed E-state index contributed by atoms with van der Waals surface area (Å²) in [4.78, 5) is 15.8. The van der Waals surface area contributed by atoms with Crippen LogP contribution in [0.3, 0.4) is 0 Å². The molecule has 1 aromatic rings. The Morgan fingerprint density at radius 1 is 1.50 bits per heavy atom. The SMILES string of the molecule is CONC(C)c1ccc(C(=O)OC)o1. The molecular formula is C9H13NO4. The largest absolute Gasteiger partial charge is 0.463 e. The third-order valence-electron chi connectivity index (χ3n) is 1.73. The van der Waals surface area contributed by atoms with E-state index in [1.54, 1.807) is 12.1 Å². The number of hydroxylamine groups is 1. The first-order chi connectivity index (χ1) is 6.69. The van der Waals surface area contributed by atoms with Gasteiger partial charge in [0, 0.05) is 0 Å². The monoisotopic (exact) mass is 199 g/mol. The summed E-state index contributed by atoms with van der Waals surface area (Å²) in [5, 5.41) is 0. The van der Waals surface area contributed by atoms with E-state index in [2.05, 4.69) is 10.2 Å². The van der Waals surface area contributed by atoms with Crippen molar-refractivity contribution in [2.24, 2.45) is 0 Å². The molecule has 1 N–H and O–H groups in total. The highest BCUT2D eigenvalue weighted by atomic mass is 16.6. The van der Waals surface area contributed by atoms with E-state index >= 15 is 0 Å². The van der Waals surface area contributed by atoms with Gasteiger partial charge >= 0.3 is 5.97 Å². The first kappa shape index (κ1) is 10.7. The van der Waals surface area contributed by atoms with Gasteiger partial charge in [-0.05, 0) is 19.1 Å². The van der Waals surface area contributed by atoms with E-state index in [1.807, 2.05) is 6.92 Å². The highest BCUT2D eigenvalue weighted by Crippen LogP contribution is 2.16. The molecule has 0 bridgehead atoms. The maximum absolute atomic E-state index is 11.0. The van der Waals surface area contributed by atoms with Crippen molar-refractivity contribution >= 4 is 5.97 Å². The number of hydrogen-bond donors (Lipinski definition) is 1. The lowest BCUT2D eigenvalue weighted by Crippen LogP contribution is -2.16. The summed E-state index contributed by atoms with van der Waals surface area (Å²) in [6.45, 7) is 1.85. The molecule has 1 heterocycles. The molecule has 1 atom stereocenters. The molecule has 0 aromatic carbocycles. The normalized spacial score (nSPS) is 12.5. The standard InChI is InChI=1S/C9H13NO4/c1-6(10-13-3)7-4-5-8(14-7)9(11)12-2/h4-6,10H,1-3H3. The molecule has 5 nitrogen and oxygen atoms in total. The van der Waals surface area contributed by atoms with E-state index in [4.69, 9.17) is 9.25 Å². The van der Waals surface area contributed by atoms with Gasteiger partial charge in [-0.15, -0.1) is 0 Å². The van der Waals surface area contributed by atoms with Crippen molar-refractivity contribution in [1.29, 1.82) is 0 Å². The summed E-state index contributed by atoms with van der Waals surface area (Å²) in [7, 11) is 2.82. The molecule has 1 rings (SSSR count). The Bertz CT molecular complexity index is 308. The zero-order chi connectivity index (χ0) is 10.6. The van der Waals surface area contributed by atoms with E-state index in [-0.39, 0.29) is 11.8 Å². The van der Waals surface area contributed by atoms with Crippen LogP contribution in [-0.4, -0.2) is 20.2 Å². The van der Waals surface area contributed by atoms with Gasteiger partial charge in [0.15, 0.2) is 0 Å².